The summed E-state index contributed by atoms with van der Waals surface area (Å²) in [6.07, 6.45) is 0.125. The van der Waals surface area contributed by atoms with Crippen LogP contribution in [0.5, 0.6) is 0 Å². The topological polar surface area (TPSA) is 68.3 Å². The molecule has 0 fully saturated rings. The van der Waals surface area contributed by atoms with Crippen molar-refractivity contribution in [2.24, 2.45) is 0 Å². The minimum atomic E-state index is -0.404. The number of esters is 1. The highest BCUT2D eigenvalue weighted by atomic mass is 32.2. The Labute approximate surface area is 141 Å². The highest BCUT2D eigenvalue weighted by molar-refractivity contribution is 8.01. The van der Waals surface area contributed by atoms with Crippen molar-refractivity contribution < 1.29 is 18.7 Å². The van der Waals surface area contributed by atoms with Crippen LogP contribution in [0, 0.1) is 5.82 Å². The average Bonchev–Trinajstić information content (AvgIpc) is 2.93. The minimum Gasteiger partial charge on any atom is -0.466 e. The number of ether oxygens (including phenoxy) is 1. The van der Waals surface area contributed by atoms with Crippen LogP contribution >= 0.6 is 23.1 Å². The first-order valence-electron chi connectivity index (χ1n) is 6.85. The number of hydrogen-bond donors (Lipinski definition) is 1. The second-order valence-corrected chi connectivity index (χ2v) is 6.51. The number of thioether (sulfide) groups is 1. The first kappa shape index (κ1) is 17.4. The summed E-state index contributed by atoms with van der Waals surface area (Å²) in [5, 5.41) is 4.38. The lowest BCUT2D eigenvalue weighted by Crippen LogP contribution is -2.14. The van der Waals surface area contributed by atoms with Crippen molar-refractivity contribution in [2.75, 3.05) is 17.7 Å². The SMILES string of the molecule is CCOC(=O)Cc1csc(SCC(=O)Nc2cccc(F)c2)n1. The Hall–Kier alpha value is -1.93. The first-order chi connectivity index (χ1) is 11.1. The second kappa shape index (κ2) is 8.64. The van der Waals surface area contributed by atoms with Crippen LogP contribution in [0.1, 0.15) is 12.6 Å². The molecule has 23 heavy (non-hydrogen) atoms. The van der Waals surface area contributed by atoms with Gasteiger partial charge in [0.2, 0.25) is 5.91 Å². The number of halogens is 1. The van der Waals surface area contributed by atoms with Gasteiger partial charge in [-0.05, 0) is 25.1 Å². The molecule has 122 valence electrons. The van der Waals surface area contributed by atoms with Gasteiger partial charge in [-0.25, -0.2) is 9.37 Å². The summed E-state index contributed by atoms with van der Waals surface area (Å²) in [4.78, 5) is 27.4. The van der Waals surface area contributed by atoms with Crippen molar-refractivity contribution >= 4 is 40.7 Å². The summed E-state index contributed by atoms with van der Waals surface area (Å²) >= 11 is 2.63. The zero-order chi connectivity index (χ0) is 16.7. The Morgan fingerprint density at radius 3 is 3.00 bits per heavy atom. The molecule has 0 unspecified atom stereocenters. The van der Waals surface area contributed by atoms with Crippen molar-refractivity contribution in [3.63, 3.8) is 0 Å². The molecule has 2 aromatic rings. The minimum absolute atomic E-state index is 0.125. The van der Waals surface area contributed by atoms with Gasteiger partial charge in [-0.1, -0.05) is 17.8 Å². The van der Waals surface area contributed by atoms with Gasteiger partial charge in [0.25, 0.3) is 0 Å². The van der Waals surface area contributed by atoms with Gasteiger partial charge in [0.15, 0.2) is 4.34 Å². The van der Waals surface area contributed by atoms with E-state index in [1.54, 1.807) is 18.4 Å². The number of carbonyl (C=O) groups is 2. The van der Waals surface area contributed by atoms with Gasteiger partial charge in [-0.15, -0.1) is 11.3 Å². The standard InChI is InChI=1S/C15H15FN2O3S2/c1-2-21-14(20)7-12-8-22-15(18-12)23-9-13(19)17-11-5-3-4-10(16)6-11/h3-6,8H,2,7,9H2,1H3,(H,17,19). The number of rotatable bonds is 7. The molecule has 1 aromatic carbocycles. The lowest BCUT2D eigenvalue weighted by molar-refractivity contribution is -0.142. The van der Waals surface area contributed by atoms with Crippen molar-refractivity contribution in [1.29, 1.82) is 0 Å². The molecule has 0 bridgehead atoms. The number of nitrogens with one attached hydrogen (secondary N) is 1. The highest BCUT2D eigenvalue weighted by Gasteiger charge is 2.10. The number of anilines is 1. The van der Waals surface area contributed by atoms with E-state index in [2.05, 4.69) is 10.3 Å². The zero-order valence-corrected chi connectivity index (χ0v) is 14.0. The van der Waals surface area contributed by atoms with Crippen molar-refractivity contribution in [3.8, 4) is 0 Å². The van der Waals surface area contributed by atoms with E-state index in [9.17, 15) is 14.0 Å². The van der Waals surface area contributed by atoms with E-state index in [0.29, 0.717) is 22.3 Å². The van der Waals surface area contributed by atoms with Crippen molar-refractivity contribution in [1.82, 2.24) is 4.98 Å². The molecule has 2 rings (SSSR count). The predicted octanol–water partition coefficient (Wildman–Crippen LogP) is 3.12. The van der Waals surface area contributed by atoms with Crippen LogP contribution in [0.15, 0.2) is 34.0 Å². The number of amides is 1. The molecule has 0 aliphatic heterocycles. The molecule has 5 nitrogen and oxygen atoms in total. The fraction of sp³-hybridized carbons (Fsp3) is 0.267. The Bertz CT molecular complexity index is 691. The lowest BCUT2D eigenvalue weighted by atomic mass is 10.3. The number of thiazole rings is 1. The fourth-order valence-electron chi connectivity index (χ4n) is 1.69. The maximum Gasteiger partial charge on any atom is 0.311 e. The van der Waals surface area contributed by atoms with Gasteiger partial charge in [0.05, 0.1) is 24.5 Å². The summed E-state index contributed by atoms with van der Waals surface area (Å²) in [5.74, 6) is -0.817. The molecule has 0 radical (unpaired) electrons. The van der Waals surface area contributed by atoms with E-state index < -0.39 is 5.82 Å². The summed E-state index contributed by atoms with van der Waals surface area (Å²) in [5.41, 5.74) is 1.04. The smallest absolute Gasteiger partial charge is 0.311 e. The highest BCUT2D eigenvalue weighted by Crippen LogP contribution is 2.23. The van der Waals surface area contributed by atoms with Crippen molar-refractivity contribution in [2.45, 2.75) is 17.7 Å². The van der Waals surface area contributed by atoms with E-state index in [-0.39, 0.29) is 24.1 Å². The zero-order valence-electron chi connectivity index (χ0n) is 12.4. The van der Waals surface area contributed by atoms with Crippen LogP contribution in [0.4, 0.5) is 10.1 Å². The normalized spacial score (nSPS) is 10.3. The summed E-state index contributed by atoms with van der Waals surface area (Å²) in [6, 6.07) is 5.71. The van der Waals surface area contributed by atoms with Crippen LogP contribution in [-0.2, 0) is 20.7 Å². The molecule has 1 N–H and O–H groups in total. The van der Waals surface area contributed by atoms with Gasteiger partial charge in [0, 0.05) is 11.1 Å². The van der Waals surface area contributed by atoms with Gasteiger partial charge in [0.1, 0.15) is 5.82 Å². The van der Waals surface area contributed by atoms with E-state index >= 15 is 0 Å². The molecule has 1 aromatic heterocycles. The molecule has 1 heterocycles. The third kappa shape index (κ3) is 5.99. The van der Waals surface area contributed by atoms with E-state index in [1.165, 1.54) is 41.3 Å². The lowest BCUT2D eigenvalue weighted by Gasteiger charge is -2.03. The maximum absolute atomic E-state index is 13.0. The Morgan fingerprint density at radius 2 is 2.26 bits per heavy atom. The quantitative estimate of drug-likeness (QED) is 0.611. The Morgan fingerprint density at radius 1 is 1.43 bits per heavy atom. The molecular weight excluding hydrogens is 339 g/mol. The molecular formula is C15H15FN2O3S2. The molecule has 0 saturated carbocycles. The second-order valence-electron chi connectivity index (χ2n) is 4.43. The number of nitrogens with zero attached hydrogens (tertiary/aromatic N) is 1. The molecule has 0 spiro atoms. The van der Waals surface area contributed by atoms with Gasteiger partial charge in [-0.3, -0.25) is 9.59 Å². The summed E-state index contributed by atoms with van der Waals surface area (Å²) in [6.45, 7) is 2.09. The monoisotopic (exact) mass is 354 g/mol. The molecule has 1 amide bonds. The Balaban J connectivity index is 1.80. The third-order valence-corrected chi connectivity index (χ3v) is 4.67. The molecule has 0 atom stereocenters. The first-order valence-corrected chi connectivity index (χ1v) is 8.71. The summed E-state index contributed by atoms with van der Waals surface area (Å²) in [7, 11) is 0. The Kier molecular flexibility index (Phi) is 6.54. The van der Waals surface area contributed by atoms with Crippen LogP contribution < -0.4 is 5.32 Å². The molecule has 0 aliphatic rings. The summed E-state index contributed by atoms with van der Waals surface area (Å²) < 4.78 is 18.6. The number of hydrogen-bond acceptors (Lipinski definition) is 6. The average molecular weight is 354 g/mol. The van der Waals surface area contributed by atoms with Crippen LogP contribution in [-0.4, -0.2) is 29.2 Å². The fourth-order valence-corrected chi connectivity index (χ4v) is 3.33. The van der Waals surface area contributed by atoms with Crippen molar-refractivity contribution in [3.05, 3.63) is 41.2 Å². The molecule has 8 heteroatoms. The van der Waals surface area contributed by atoms with Crippen LogP contribution in [0.3, 0.4) is 0 Å². The number of aromatic nitrogens is 1. The molecule has 0 aliphatic carbocycles. The van der Waals surface area contributed by atoms with E-state index in [4.69, 9.17) is 4.74 Å². The largest absolute Gasteiger partial charge is 0.466 e. The van der Waals surface area contributed by atoms with E-state index in [0.717, 1.165) is 0 Å². The maximum atomic E-state index is 13.0. The number of carbonyl (C=O) groups excluding carboxylic acids is 2. The van der Waals surface area contributed by atoms with Gasteiger partial charge >= 0.3 is 5.97 Å². The number of benzene rings is 1. The van der Waals surface area contributed by atoms with Crippen LogP contribution in [0.2, 0.25) is 0 Å². The van der Waals surface area contributed by atoms with Crippen LogP contribution in [0.25, 0.3) is 0 Å². The van der Waals surface area contributed by atoms with Gasteiger partial charge in [-0.2, -0.15) is 0 Å². The van der Waals surface area contributed by atoms with Gasteiger partial charge < -0.3 is 10.1 Å². The third-order valence-electron chi connectivity index (χ3n) is 2.60. The predicted molar refractivity (Wildman–Crippen MR) is 88.2 cm³/mol. The molecule has 0 saturated heterocycles. The van der Waals surface area contributed by atoms with E-state index in [1.807, 2.05) is 0 Å².